The van der Waals surface area contributed by atoms with Gasteiger partial charge in [0, 0.05) is 22.7 Å². The third-order valence-electron chi connectivity index (χ3n) is 4.40. The van der Waals surface area contributed by atoms with Gasteiger partial charge in [0.2, 0.25) is 0 Å². The predicted molar refractivity (Wildman–Crippen MR) is 105 cm³/mol. The van der Waals surface area contributed by atoms with E-state index in [-0.39, 0.29) is 23.2 Å². The van der Waals surface area contributed by atoms with Crippen LogP contribution in [0.3, 0.4) is 0 Å². The van der Waals surface area contributed by atoms with E-state index in [0.717, 1.165) is 5.57 Å². The minimum atomic E-state index is -1.13. The number of hydrogen-bond acceptors (Lipinski definition) is 4. The van der Waals surface area contributed by atoms with E-state index in [2.05, 4.69) is 21.0 Å². The molecular formula is C18H13BrCl2N2O4. The molecule has 0 spiro atoms. The van der Waals surface area contributed by atoms with Gasteiger partial charge in [-0.25, -0.2) is 9.48 Å². The number of methoxy groups -OCH3 is 1. The number of carboxylic acid groups (broad SMARTS) is 1. The van der Waals surface area contributed by atoms with E-state index in [0.29, 0.717) is 32.7 Å². The molecule has 0 fully saturated rings. The second-order valence-electron chi connectivity index (χ2n) is 6.07. The van der Waals surface area contributed by atoms with Crippen LogP contribution in [0.5, 0.6) is 0 Å². The fourth-order valence-corrected chi connectivity index (χ4v) is 4.37. The maximum atomic E-state index is 11.7. The summed E-state index contributed by atoms with van der Waals surface area (Å²) in [5, 5.41) is 14.8. The molecule has 4 rings (SSSR count). The number of rotatable bonds is 3. The molecule has 0 saturated heterocycles. The van der Waals surface area contributed by atoms with Crippen LogP contribution in [0.1, 0.15) is 21.7 Å². The normalized spacial score (nSPS) is 20.9. The monoisotopic (exact) mass is 470 g/mol. The molecule has 0 amide bonds. The zero-order valence-electron chi connectivity index (χ0n) is 13.9. The summed E-state index contributed by atoms with van der Waals surface area (Å²) in [5.74, 6) is -0.507. The molecule has 27 heavy (non-hydrogen) atoms. The zero-order valence-corrected chi connectivity index (χ0v) is 17.0. The number of carbonyl (C=O) groups is 1. The predicted octanol–water partition coefficient (Wildman–Crippen LogP) is 4.47. The highest BCUT2D eigenvalue weighted by Gasteiger charge is 2.35. The molecule has 6 nitrogen and oxygen atoms in total. The smallest absolute Gasteiger partial charge is 0.356 e. The maximum Gasteiger partial charge on any atom is 0.356 e. The Balaban J connectivity index is 1.96. The van der Waals surface area contributed by atoms with Crippen molar-refractivity contribution in [3.05, 3.63) is 63.1 Å². The lowest BCUT2D eigenvalue weighted by Gasteiger charge is -2.29. The highest BCUT2D eigenvalue weighted by Crippen LogP contribution is 2.41. The second kappa shape index (κ2) is 6.98. The SMILES string of the molecule is COC1C=C2OCc3c(C(=O)O)nn(-c4cc(Cl)cc(Cl)c4)c3C2=CC1Br. The summed E-state index contributed by atoms with van der Waals surface area (Å²) in [7, 11) is 1.61. The molecule has 0 radical (unpaired) electrons. The number of aromatic carboxylic acids is 1. The Morgan fingerprint density at radius 1 is 1.33 bits per heavy atom. The average Bonchev–Trinajstić information content (AvgIpc) is 3.00. The number of alkyl halides is 1. The molecule has 0 saturated carbocycles. The van der Waals surface area contributed by atoms with E-state index in [1.54, 1.807) is 30.0 Å². The van der Waals surface area contributed by atoms with Crippen molar-refractivity contribution in [2.75, 3.05) is 7.11 Å². The Morgan fingerprint density at radius 2 is 2.04 bits per heavy atom. The molecule has 2 heterocycles. The van der Waals surface area contributed by atoms with Crippen molar-refractivity contribution < 1.29 is 19.4 Å². The van der Waals surface area contributed by atoms with Crippen LogP contribution in [0.15, 0.2) is 36.1 Å². The van der Waals surface area contributed by atoms with Gasteiger partial charge in [-0.1, -0.05) is 45.2 Å². The average molecular weight is 472 g/mol. The summed E-state index contributed by atoms with van der Waals surface area (Å²) in [4.78, 5) is 11.6. The zero-order chi connectivity index (χ0) is 19.3. The molecule has 0 bridgehead atoms. The first-order chi connectivity index (χ1) is 12.9. The molecule has 2 aromatic rings. The van der Waals surface area contributed by atoms with E-state index in [4.69, 9.17) is 32.7 Å². The highest BCUT2D eigenvalue weighted by atomic mass is 79.9. The van der Waals surface area contributed by atoms with Crippen LogP contribution in [0.4, 0.5) is 0 Å². The van der Waals surface area contributed by atoms with Gasteiger partial charge >= 0.3 is 5.97 Å². The van der Waals surface area contributed by atoms with Crippen molar-refractivity contribution in [2.45, 2.75) is 17.5 Å². The number of fused-ring (bicyclic) bond motifs is 3. The van der Waals surface area contributed by atoms with Gasteiger partial charge in [-0.05, 0) is 24.3 Å². The molecule has 1 N–H and O–H groups in total. The van der Waals surface area contributed by atoms with E-state index < -0.39 is 5.97 Å². The molecule has 1 aromatic carbocycles. The van der Waals surface area contributed by atoms with Crippen LogP contribution in [-0.2, 0) is 16.1 Å². The highest BCUT2D eigenvalue weighted by molar-refractivity contribution is 9.09. The minimum absolute atomic E-state index is 0.0685. The quantitative estimate of drug-likeness (QED) is 0.668. The summed E-state index contributed by atoms with van der Waals surface area (Å²) < 4.78 is 12.8. The number of ether oxygens (including phenoxy) is 2. The van der Waals surface area contributed by atoms with Gasteiger partial charge in [-0.15, -0.1) is 0 Å². The van der Waals surface area contributed by atoms with Crippen LogP contribution in [-0.4, -0.2) is 38.9 Å². The number of nitrogens with zero attached hydrogens (tertiary/aromatic N) is 2. The summed E-state index contributed by atoms with van der Waals surface area (Å²) >= 11 is 15.8. The number of hydrogen-bond donors (Lipinski definition) is 1. The Morgan fingerprint density at radius 3 is 2.67 bits per heavy atom. The van der Waals surface area contributed by atoms with Crippen LogP contribution >= 0.6 is 39.1 Å². The molecule has 9 heteroatoms. The van der Waals surface area contributed by atoms with Gasteiger partial charge < -0.3 is 14.6 Å². The van der Waals surface area contributed by atoms with Crippen molar-refractivity contribution in [1.29, 1.82) is 0 Å². The standard InChI is InChI=1S/C18H13BrCl2N2O4/c1-26-15-6-14-11(5-13(15)19)17-12(7-27-14)16(18(24)25)22-23(17)10-3-8(20)2-9(21)4-10/h2-6,13,15H,7H2,1H3,(H,24,25). The van der Waals surface area contributed by atoms with E-state index in [1.807, 2.05) is 12.2 Å². The lowest BCUT2D eigenvalue weighted by Crippen LogP contribution is -2.26. The summed E-state index contributed by atoms with van der Waals surface area (Å²) in [6.07, 6.45) is 3.60. The topological polar surface area (TPSA) is 73.6 Å². The number of benzene rings is 1. The minimum Gasteiger partial charge on any atom is -0.488 e. The molecule has 1 aliphatic heterocycles. The van der Waals surface area contributed by atoms with Gasteiger partial charge in [-0.2, -0.15) is 5.10 Å². The first kappa shape index (κ1) is 18.6. The molecule has 2 atom stereocenters. The Hall–Kier alpha value is -1.80. The number of allylic oxidation sites excluding steroid dienone is 1. The van der Waals surface area contributed by atoms with Crippen LogP contribution in [0.2, 0.25) is 10.0 Å². The molecule has 1 aliphatic carbocycles. The number of aromatic nitrogens is 2. The lowest BCUT2D eigenvalue weighted by molar-refractivity contribution is 0.0685. The Kier molecular flexibility index (Phi) is 4.80. The fourth-order valence-electron chi connectivity index (χ4n) is 3.22. The Bertz CT molecular complexity index is 995. The van der Waals surface area contributed by atoms with Crippen molar-refractivity contribution in [3.8, 4) is 5.69 Å². The summed E-state index contributed by atoms with van der Waals surface area (Å²) in [5.41, 5.74) is 2.38. The second-order valence-corrected chi connectivity index (χ2v) is 8.00. The van der Waals surface area contributed by atoms with Crippen molar-refractivity contribution in [2.24, 2.45) is 0 Å². The third kappa shape index (κ3) is 3.18. The number of carboxylic acids is 1. The van der Waals surface area contributed by atoms with Crippen LogP contribution in [0.25, 0.3) is 11.3 Å². The first-order valence-corrected chi connectivity index (χ1v) is 9.62. The van der Waals surface area contributed by atoms with Crippen LogP contribution in [0, 0.1) is 0 Å². The molecule has 1 aromatic heterocycles. The van der Waals surface area contributed by atoms with E-state index in [9.17, 15) is 9.90 Å². The van der Waals surface area contributed by atoms with E-state index >= 15 is 0 Å². The molecule has 140 valence electrons. The Labute approximate surface area is 173 Å². The molecule has 2 aliphatic rings. The van der Waals surface area contributed by atoms with Crippen molar-refractivity contribution in [3.63, 3.8) is 0 Å². The van der Waals surface area contributed by atoms with Gasteiger partial charge in [0.25, 0.3) is 0 Å². The largest absolute Gasteiger partial charge is 0.488 e. The van der Waals surface area contributed by atoms with Crippen molar-refractivity contribution >= 4 is 50.7 Å². The third-order valence-corrected chi connectivity index (χ3v) is 5.62. The summed E-state index contributed by atoms with van der Waals surface area (Å²) in [6.45, 7) is 0.0951. The molecule has 2 unspecified atom stereocenters. The van der Waals surface area contributed by atoms with Gasteiger partial charge in [-0.3, -0.25) is 0 Å². The van der Waals surface area contributed by atoms with E-state index in [1.165, 1.54) is 0 Å². The number of halogens is 3. The van der Waals surface area contributed by atoms with Crippen molar-refractivity contribution in [1.82, 2.24) is 9.78 Å². The fraction of sp³-hybridized carbons (Fsp3) is 0.222. The van der Waals surface area contributed by atoms with Crippen LogP contribution < -0.4 is 0 Å². The van der Waals surface area contributed by atoms with Gasteiger partial charge in [0.15, 0.2) is 5.69 Å². The summed E-state index contributed by atoms with van der Waals surface area (Å²) in [6, 6.07) is 4.96. The maximum absolute atomic E-state index is 11.7. The first-order valence-electron chi connectivity index (χ1n) is 7.94. The van der Waals surface area contributed by atoms with Gasteiger partial charge in [0.1, 0.15) is 12.4 Å². The lowest BCUT2D eigenvalue weighted by atomic mass is 9.94. The van der Waals surface area contributed by atoms with Gasteiger partial charge in [0.05, 0.1) is 27.9 Å². The molecular weight excluding hydrogens is 459 g/mol.